The predicted octanol–water partition coefficient (Wildman–Crippen LogP) is 3.16. The minimum atomic E-state index is 0.563. The Morgan fingerprint density at radius 2 is 1.86 bits per heavy atom. The van der Waals surface area contributed by atoms with Crippen molar-refractivity contribution in [2.45, 2.75) is 6.42 Å². The molecule has 4 heteroatoms. The monoisotopic (exact) mass is 290 g/mol. The summed E-state index contributed by atoms with van der Waals surface area (Å²) in [7, 11) is 0. The minimum absolute atomic E-state index is 0.563. The molecule has 1 aliphatic rings. The molecule has 3 aromatic rings. The number of nitrogens with two attached hydrogens (primary N) is 1. The molecule has 0 atom stereocenters. The molecule has 0 saturated carbocycles. The second-order valence-electron chi connectivity index (χ2n) is 5.49. The van der Waals surface area contributed by atoms with Gasteiger partial charge in [0.1, 0.15) is 5.84 Å². The second-order valence-corrected chi connectivity index (χ2v) is 5.49. The van der Waals surface area contributed by atoms with E-state index in [0.717, 1.165) is 17.9 Å². The molecule has 4 rings (SSSR count). The smallest absolute Gasteiger partial charge is 0.105 e. The Morgan fingerprint density at radius 3 is 2.77 bits per heavy atom. The molecule has 1 aliphatic heterocycles. The molecule has 2 aromatic carbocycles. The standard InChI is InChI=1S/C18H18N4/c19-9-10-20-17-11-14-12-5-1-3-7-15(12)22-18(14)13-6-2-4-8-16(13)21-17/h1-8,22H,9-11,19H2,(H,20,21). The van der Waals surface area contributed by atoms with Gasteiger partial charge >= 0.3 is 0 Å². The fourth-order valence-electron chi connectivity index (χ4n) is 3.09. The molecule has 0 spiro atoms. The highest BCUT2D eigenvalue weighted by molar-refractivity contribution is 6.07. The largest absolute Gasteiger partial charge is 0.354 e. The van der Waals surface area contributed by atoms with Crippen LogP contribution in [0.15, 0.2) is 53.5 Å². The molecule has 1 aromatic heterocycles. The lowest BCUT2D eigenvalue weighted by molar-refractivity contribution is 0.969. The number of aromatic nitrogens is 1. The van der Waals surface area contributed by atoms with Crippen molar-refractivity contribution in [3.05, 3.63) is 54.1 Å². The van der Waals surface area contributed by atoms with E-state index < -0.39 is 0 Å². The van der Waals surface area contributed by atoms with E-state index in [1.807, 2.05) is 6.07 Å². The SMILES string of the molecule is NCCN=C1Cc2c([nH]c3ccccc23)-c2ccccc2N1. The molecular weight excluding hydrogens is 272 g/mol. The van der Waals surface area contributed by atoms with E-state index >= 15 is 0 Å². The number of para-hydroxylation sites is 2. The van der Waals surface area contributed by atoms with Gasteiger partial charge in [0.15, 0.2) is 0 Å². The molecule has 0 radical (unpaired) electrons. The van der Waals surface area contributed by atoms with Crippen LogP contribution in [0, 0.1) is 0 Å². The van der Waals surface area contributed by atoms with E-state index in [0.29, 0.717) is 13.1 Å². The Hall–Kier alpha value is -2.59. The van der Waals surface area contributed by atoms with Gasteiger partial charge in [-0.3, -0.25) is 4.99 Å². The van der Waals surface area contributed by atoms with Crippen LogP contribution >= 0.6 is 0 Å². The van der Waals surface area contributed by atoms with Gasteiger partial charge < -0.3 is 16.0 Å². The average Bonchev–Trinajstić information content (AvgIpc) is 2.83. The summed E-state index contributed by atoms with van der Waals surface area (Å²) in [5, 5.41) is 4.73. The Balaban J connectivity index is 1.97. The van der Waals surface area contributed by atoms with Gasteiger partial charge in [-0.25, -0.2) is 0 Å². The molecule has 110 valence electrons. The highest BCUT2D eigenvalue weighted by Gasteiger charge is 2.21. The predicted molar refractivity (Wildman–Crippen MR) is 92.4 cm³/mol. The van der Waals surface area contributed by atoms with Gasteiger partial charge in [0.25, 0.3) is 0 Å². The minimum Gasteiger partial charge on any atom is -0.354 e. The first kappa shape index (κ1) is 13.1. The van der Waals surface area contributed by atoms with Crippen LogP contribution in [0.5, 0.6) is 0 Å². The van der Waals surface area contributed by atoms with Crippen LogP contribution in [-0.2, 0) is 6.42 Å². The van der Waals surface area contributed by atoms with E-state index in [9.17, 15) is 0 Å². The van der Waals surface area contributed by atoms with E-state index in [1.165, 1.54) is 27.7 Å². The highest BCUT2D eigenvalue weighted by Crippen LogP contribution is 2.37. The van der Waals surface area contributed by atoms with E-state index in [2.05, 4.69) is 57.8 Å². The van der Waals surface area contributed by atoms with Gasteiger partial charge in [-0.2, -0.15) is 0 Å². The van der Waals surface area contributed by atoms with Crippen LogP contribution in [0.1, 0.15) is 5.56 Å². The molecular formula is C18H18N4. The fourth-order valence-corrected chi connectivity index (χ4v) is 3.09. The maximum atomic E-state index is 5.60. The first-order valence-corrected chi connectivity index (χ1v) is 7.56. The lowest BCUT2D eigenvalue weighted by Gasteiger charge is -2.09. The number of hydrogen-bond donors (Lipinski definition) is 3. The van der Waals surface area contributed by atoms with Gasteiger partial charge in [-0.15, -0.1) is 0 Å². The van der Waals surface area contributed by atoms with E-state index in [4.69, 9.17) is 5.73 Å². The zero-order valence-corrected chi connectivity index (χ0v) is 12.3. The molecule has 0 amide bonds. The van der Waals surface area contributed by atoms with Crippen molar-refractivity contribution < 1.29 is 0 Å². The third kappa shape index (κ3) is 2.09. The maximum Gasteiger partial charge on any atom is 0.105 e. The summed E-state index contributed by atoms with van der Waals surface area (Å²) in [6.07, 6.45) is 0.786. The van der Waals surface area contributed by atoms with Gasteiger partial charge in [-0.1, -0.05) is 36.4 Å². The zero-order chi connectivity index (χ0) is 14.9. The molecule has 0 bridgehead atoms. The van der Waals surface area contributed by atoms with Crippen LogP contribution in [0.3, 0.4) is 0 Å². The summed E-state index contributed by atoms with van der Waals surface area (Å²) >= 11 is 0. The lowest BCUT2D eigenvalue weighted by Crippen LogP contribution is -2.16. The summed E-state index contributed by atoms with van der Waals surface area (Å²) in [6.45, 7) is 1.20. The van der Waals surface area contributed by atoms with Crippen LogP contribution < -0.4 is 11.1 Å². The number of H-pyrrole nitrogens is 1. The Morgan fingerprint density at radius 1 is 1.05 bits per heavy atom. The summed E-state index contributed by atoms with van der Waals surface area (Å²) in [5.41, 5.74) is 11.5. The summed E-state index contributed by atoms with van der Waals surface area (Å²) in [4.78, 5) is 8.18. The number of aromatic amines is 1. The third-order valence-electron chi connectivity index (χ3n) is 4.06. The molecule has 2 heterocycles. The summed E-state index contributed by atoms with van der Waals surface area (Å²) in [6, 6.07) is 16.8. The van der Waals surface area contributed by atoms with Crippen LogP contribution in [0.25, 0.3) is 22.2 Å². The van der Waals surface area contributed by atoms with E-state index in [1.54, 1.807) is 0 Å². The van der Waals surface area contributed by atoms with Crippen LogP contribution in [0.4, 0.5) is 5.69 Å². The van der Waals surface area contributed by atoms with Crippen molar-refractivity contribution >= 4 is 22.4 Å². The van der Waals surface area contributed by atoms with Gasteiger partial charge in [0.2, 0.25) is 0 Å². The maximum absolute atomic E-state index is 5.60. The van der Waals surface area contributed by atoms with Crippen molar-refractivity contribution in [3.63, 3.8) is 0 Å². The number of anilines is 1. The van der Waals surface area contributed by atoms with Gasteiger partial charge in [-0.05, 0) is 17.7 Å². The van der Waals surface area contributed by atoms with Crippen molar-refractivity contribution in [3.8, 4) is 11.3 Å². The van der Waals surface area contributed by atoms with Crippen molar-refractivity contribution in [2.24, 2.45) is 10.7 Å². The molecule has 22 heavy (non-hydrogen) atoms. The van der Waals surface area contributed by atoms with Crippen molar-refractivity contribution in [1.82, 2.24) is 4.98 Å². The number of benzene rings is 2. The highest BCUT2D eigenvalue weighted by atomic mass is 15.0. The Labute approximate surface area is 129 Å². The Kier molecular flexibility index (Phi) is 3.16. The van der Waals surface area contributed by atoms with Crippen molar-refractivity contribution in [2.75, 3.05) is 18.4 Å². The summed E-state index contributed by atoms with van der Waals surface area (Å²) in [5.74, 6) is 0.974. The quantitative estimate of drug-likeness (QED) is 0.678. The van der Waals surface area contributed by atoms with Crippen LogP contribution in [-0.4, -0.2) is 23.9 Å². The number of amidine groups is 1. The average molecular weight is 290 g/mol. The van der Waals surface area contributed by atoms with Gasteiger partial charge in [0.05, 0.1) is 12.2 Å². The number of hydrogen-bond acceptors (Lipinski definition) is 2. The lowest BCUT2D eigenvalue weighted by atomic mass is 10.0. The van der Waals surface area contributed by atoms with Gasteiger partial charge in [0, 0.05) is 35.1 Å². The normalized spacial score (nSPS) is 15.2. The summed E-state index contributed by atoms with van der Waals surface area (Å²) < 4.78 is 0. The molecule has 0 saturated heterocycles. The number of aliphatic imine (C=N–C) groups is 1. The zero-order valence-electron chi connectivity index (χ0n) is 12.3. The number of rotatable bonds is 2. The molecule has 0 aliphatic carbocycles. The van der Waals surface area contributed by atoms with Crippen LogP contribution in [0.2, 0.25) is 0 Å². The topological polar surface area (TPSA) is 66.2 Å². The molecule has 0 fully saturated rings. The number of fused-ring (bicyclic) bond motifs is 5. The molecule has 4 nitrogen and oxygen atoms in total. The first-order valence-electron chi connectivity index (χ1n) is 7.56. The molecule has 0 unspecified atom stereocenters. The number of nitrogens with zero attached hydrogens (tertiary/aromatic N) is 1. The number of nitrogens with one attached hydrogen (secondary N) is 2. The first-order chi connectivity index (χ1) is 10.9. The fraction of sp³-hybridized carbons (Fsp3) is 0.167. The Bertz CT molecular complexity index is 860. The molecule has 4 N–H and O–H groups in total. The van der Waals surface area contributed by atoms with E-state index in [-0.39, 0.29) is 0 Å². The second kappa shape index (κ2) is 5.31. The van der Waals surface area contributed by atoms with Crippen molar-refractivity contribution in [1.29, 1.82) is 0 Å². The third-order valence-corrected chi connectivity index (χ3v) is 4.06.